The first-order valence-electron chi connectivity index (χ1n) is 3.37. The summed E-state index contributed by atoms with van der Waals surface area (Å²) < 4.78 is 37.4. The standard InChI is InChI=1S/C7H4ClF3N2O/c8-6(14)5-3(7(10)11)4(12)2(9)1-13-5/h1,7H,(H2,12,13). The maximum atomic E-state index is 12.7. The third-order valence-electron chi connectivity index (χ3n) is 1.51. The minimum absolute atomic E-state index is 0.566. The molecule has 0 saturated carbocycles. The van der Waals surface area contributed by atoms with Crippen molar-refractivity contribution in [1.82, 2.24) is 4.98 Å². The maximum Gasteiger partial charge on any atom is 0.271 e. The van der Waals surface area contributed by atoms with Crippen molar-refractivity contribution in [2.45, 2.75) is 6.43 Å². The number of carbonyl (C=O) groups is 1. The summed E-state index contributed by atoms with van der Waals surface area (Å²) in [6.07, 6.45) is -2.53. The Morgan fingerprint density at radius 3 is 2.57 bits per heavy atom. The van der Waals surface area contributed by atoms with Gasteiger partial charge in [0, 0.05) is 0 Å². The molecule has 0 radical (unpaired) electrons. The van der Waals surface area contributed by atoms with E-state index in [4.69, 9.17) is 17.3 Å². The van der Waals surface area contributed by atoms with Gasteiger partial charge in [0.25, 0.3) is 11.7 Å². The number of hydrogen-bond donors (Lipinski definition) is 1. The van der Waals surface area contributed by atoms with E-state index in [9.17, 15) is 18.0 Å². The normalized spacial score (nSPS) is 10.6. The third kappa shape index (κ3) is 1.79. The van der Waals surface area contributed by atoms with Gasteiger partial charge in [0.15, 0.2) is 5.82 Å². The Morgan fingerprint density at radius 2 is 2.14 bits per heavy atom. The first-order chi connectivity index (χ1) is 6.45. The van der Waals surface area contributed by atoms with Crippen LogP contribution >= 0.6 is 11.6 Å². The summed E-state index contributed by atoms with van der Waals surface area (Å²) in [6, 6.07) is 0. The van der Waals surface area contributed by atoms with Crippen molar-refractivity contribution in [3.8, 4) is 0 Å². The van der Waals surface area contributed by atoms with Crippen LogP contribution in [0.25, 0.3) is 0 Å². The lowest BCUT2D eigenvalue weighted by Gasteiger charge is -2.07. The van der Waals surface area contributed by atoms with Gasteiger partial charge in [0.2, 0.25) is 0 Å². The number of aromatic nitrogens is 1. The summed E-state index contributed by atoms with van der Waals surface area (Å²) in [4.78, 5) is 13.8. The molecule has 0 bridgehead atoms. The largest absolute Gasteiger partial charge is 0.396 e. The second-order valence-electron chi connectivity index (χ2n) is 2.36. The summed E-state index contributed by atoms with van der Waals surface area (Å²) in [7, 11) is 0. The summed E-state index contributed by atoms with van der Waals surface area (Å²) in [5, 5.41) is -1.20. The Kier molecular flexibility index (Phi) is 2.95. The van der Waals surface area contributed by atoms with E-state index in [1.807, 2.05) is 0 Å². The zero-order chi connectivity index (χ0) is 10.9. The van der Waals surface area contributed by atoms with Crippen LogP contribution in [-0.4, -0.2) is 10.2 Å². The molecule has 2 N–H and O–H groups in total. The molecule has 1 rings (SSSR count). The van der Waals surface area contributed by atoms with Gasteiger partial charge in [0.05, 0.1) is 17.4 Å². The van der Waals surface area contributed by atoms with Crippen LogP contribution in [0.1, 0.15) is 22.5 Å². The molecule has 0 fully saturated rings. The number of alkyl halides is 2. The third-order valence-corrected chi connectivity index (χ3v) is 1.69. The number of nitrogens with zero attached hydrogens (tertiary/aromatic N) is 1. The summed E-state index contributed by atoms with van der Waals surface area (Å²) in [5.74, 6) is -1.11. The maximum absolute atomic E-state index is 12.7. The van der Waals surface area contributed by atoms with Crippen molar-refractivity contribution in [3.05, 3.63) is 23.3 Å². The van der Waals surface area contributed by atoms with Crippen molar-refractivity contribution >= 4 is 22.5 Å². The predicted molar refractivity (Wildman–Crippen MR) is 43.7 cm³/mol. The average Bonchev–Trinajstić information content (AvgIpc) is 2.08. The molecular formula is C7H4ClF3N2O. The highest BCUT2D eigenvalue weighted by molar-refractivity contribution is 6.67. The molecule has 0 aliphatic rings. The number of nitrogen functional groups attached to an aromatic ring is 1. The molecule has 14 heavy (non-hydrogen) atoms. The van der Waals surface area contributed by atoms with E-state index in [0.717, 1.165) is 0 Å². The molecular weight excluding hydrogens is 221 g/mol. The average molecular weight is 225 g/mol. The van der Waals surface area contributed by atoms with Crippen LogP contribution in [0.5, 0.6) is 0 Å². The number of nitrogens with two attached hydrogens (primary N) is 1. The molecule has 0 saturated heterocycles. The zero-order valence-corrected chi connectivity index (χ0v) is 7.36. The van der Waals surface area contributed by atoms with Crippen LogP contribution in [0, 0.1) is 5.82 Å². The van der Waals surface area contributed by atoms with Gasteiger partial charge in [-0.2, -0.15) is 0 Å². The van der Waals surface area contributed by atoms with Crippen LogP contribution in [0.4, 0.5) is 18.9 Å². The molecule has 76 valence electrons. The molecule has 0 atom stereocenters. The summed E-state index contributed by atoms with van der Waals surface area (Å²) in [5.41, 5.74) is 2.52. The topological polar surface area (TPSA) is 56.0 Å². The SMILES string of the molecule is Nc1c(F)cnc(C(=O)Cl)c1C(F)F. The molecule has 0 aromatic carbocycles. The Balaban J connectivity index is 3.45. The summed E-state index contributed by atoms with van der Waals surface area (Å²) in [6.45, 7) is 0. The van der Waals surface area contributed by atoms with E-state index >= 15 is 0 Å². The van der Waals surface area contributed by atoms with Gasteiger partial charge in [-0.3, -0.25) is 4.79 Å². The van der Waals surface area contributed by atoms with Gasteiger partial charge in [-0.15, -0.1) is 0 Å². The molecule has 0 spiro atoms. The number of pyridine rings is 1. The lowest BCUT2D eigenvalue weighted by atomic mass is 10.1. The number of carbonyl (C=O) groups excluding carboxylic acids is 1. The van der Waals surface area contributed by atoms with Gasteiger partial charge < -0.3 is 5.73 Å². The summed E-state index contributed by atoms with van der Waals surface area (Å²) >= 11 is 4.96. The van der Waals surface area contributed by atoms with Gasteiger partial charge >= 0.3 is 0 Å². The van der Waals surface area contributed by atoms with E-state index < -0.39 is 34.4 Å². The van der Waals surface area contributed by atoms with Gasteiger partial charge in [-0.05, 0) is 11.6 Å². The smallest absolute Gasteiger partial charge is 0.271 e. The minimum atomic E-state index is -3.10. The van der Waals surface area contributed by atoms with Crippen molar-refractivity contribution < 1.29 is 18.0 Å². The van der Waals surface area contributed by atoms with Gasteiger partial charge in [-0.25, -0.2) is 18.2 Å². The second-order valence-corrected chi connectivity index (χ2v) is 2.70. The number of rotatable bonds is 2. The molecule has 0 aliphatic carbocycles. The van der Waals surface area contributed by atoms with Crippen LogP contribution < -0.4 is 5.73 Å². The molecule has 1 aromatic rings. The van der Waals surface area contributed by atoms with Gasteiger partial charge in [-0.1, -0.05) is 0 Å². The molecule has 0 amide bonds. The number of halogens is 4. The van der Waals surface area contributed by atoms with E-state index in [0.29, 0.717) is 6.20 Å². The van der Waals surface area contributed by atoms with Crippen molar-refractivity contribution in [3.63, 3.8) is 0 Å². The van der Waals surface area contributed by atoms with Crippen molar-refractivity contribution in [2.24, 2.45) is 0 Å². The minimum Gasteiger partial charge on any atom is -0.396 e. The quantitative estimate of drug-likeness (QED) is 0.783. The van der Waals surface area contributed by atoms with E-state index in [1.54, 1.807) is 0 Å². The Morgan fingerprint density at radius 1 is 1.57 bits per heavy atom. The first kappa shape index (κ1) is 10.8. The van der Waals surface area contributed by atoms with E-state index in [1.165, 1.54) is 0 Å². The zero-order valence-electron chi connectivity index (χ0n) is 6.60. The molecule has 7 heteroatoms. The molecule has 0 unspecified atom stereocenters. The number of anilines is 1. The highest BCUT2D eigenvalue weighted by Gasteiger charge is 2.23. The van der Waals surface area contributed by atoms with Crippen molar-refractivity contribution in [2.75, 3.05) is 5.73 Å². The van der Waals surface area contributed by atoms with Crippen LogP contribution in [0.15, 0.2) is 6.20 Å². The van der Waals surface area contributed by atoms with Gasteiger partial charge in [0.1, 0.15) is 5.69 Å². The Hall–Kier alpha value is -1.30. The lowest BCUT2D eigenvalue weighted by molar-refractivity contribution is 0.106. The van der Waals surface area contributed by atoms with Crippen LogP contribution in [0.3, 0.4) is 0 Å². The molecule has 1 heterocycles. The Labute approximate surface area is 81.7 Å². The first-order valence-corrected chi connectivity index (χ1v) is 3.74. The Bertz CT molecular complexity index is 383. The van der Waals surface area contributed by atoms with E-state index in [2.05, 4.69) is 4.98 Å². The lowest BCUT2D eigenvalue weighted by Crippen LogP contribution is -2.08. The van der Waals surface area contributed by atoms with E-state index in [-0.39, 0.29) is 0 Å². The van der Waals surface area contributed by atoms with Crippen LogP contribution in [-0.2, 0) is 0 Å². The van der Waals surface area contributed by atoms with Crippen LogP contribution in [0.2, 0.25) is 0 Å². The van der Waals surface area contributed by atoms with Crippen molar-refractivity contribution in [1.29, 1.82) is 0 Å². The predicted octanol–water partition coefficient (Wildman–Crippen LogP) is 2.12. The fourth-order valence-electron chi connectivity index (χ4n) is 0.894. The highest BCUT2D eigenvalue weighted by atomic mass is 35.5. The fraction of sp³-hybridized carbons (Fsp3) is 0.143. The molecule has 1 aromatic heterocycles. The molecule has 3 nitrogen and oxygen atoms in total. The number of hydrogen-bond acceptors (Lipinski definition) is 3. The second kappa shape index (κ2) is 3.83. The molecule has 0 aliphatic heterocycles. The monoisotopic (exact) mass is 224 g/mol. The highest BCUT2D eigenvalue weighted by Crippen LogP contribution is 2.29. The fourth-order valence-corrected chi connectivity index (χ4v) is 1.04.